The Balaban J connectivity index is 1.92. The number of hydrogen-bond donors (Lipinski definition) is 3. The van der Waals surface area contributed by atoms with Crippen LogP contribution in [0.5, 0.6) is 5.75 Å². The number of benzene rings is 2. The van der Waals surface area contributed by atoms with Crippen molar-refractivity contribution in [3.8, 4) is 5.75 Å². The van der Waals surface area contributed by atoms with Crippen LogP contribution in [0.25, 0.3) is 21.9 Å². The minimum Gasteiger partial charge on any atom is -0.507 e. The van der Waals surface area contributed by atoms with E-state index in [0.29, 0.717) is 11.1 Å². The number of phenolic OH excluding ortho intramolecular Hbond substituents is 1. The molecule has 0 spiro atoms. The zero-order valence-corrected chi connectivity index (χ0v) is 15.2. The Bertz CT molecular complexity index is 1310. The Hall–Kier alpha value is -3.13. The van der Waals surface area contributed by atoms with Crippen LogP contribution in [0.3, 0.4) is 0 Å². The molecule has 0 aliphatic carbocycles. The van der Waals surface area contributed by atoms with E-state index in [9.17, 15) is 14.7 Å². The lowest BCUT2D eigenvalue weighted by atomic mass is 10.2. The molecule has 0 aliphatic heterocycles. The maximum atomic E-state index is 12.7. The molecule has 8 heteroatoms. The Morgan fingerprint density at radius 3 is 2.73 bits per heavy atom. The smallest absolute Gasteiger partial charge is 0.350 e. The fourth-order valence-corrected chi connectivity index (χ4v) is 3.19. The van der Waals surface area contributed by atoms with Gasteiger partial charge >= 0.3 is 11.2 Å². The van der Waals surface area contributed by atoms with Gasteiger partial charge in [-0.15, -0.1) is 4.68 Å². The monoisotopic (exact) mass is 412 g/mol. The van der Waals surface area contributed by atoms with Gasteiger partial charge in [0, 0.05) is 20.9 Å². The van der Waals surface area contributed by atoms with E-state index in [1.54, 1.807) is 12.1 Å². The summed E-state index contributed by atoms with van der Waals surface area (Å²) in [5, 5.41) is 14.6. The van der Waals surface area contributed by atoms with Gasteiger partial charge in [0.1, 0.15) is 11.3 Å². The van der Waals surface area contributed by atoms with Gasteiger partial charge in [0.2, 0.25) is 0 Å². The van der Waals surface area contributed by atoms with E-state index in [4.69, 9.17) is 0 Å². The van der Waals surface area contributed by atoms with Crippen LogP contribution in [-0.4, -0.2) is 26.0 Å². The van der Waals surface area contributed by atoms with Crippen molar-refractivity contribution >= 4 is 44.1 Å². The zero-order valence-electron chi connectivity index (χ0n) is 13.6. The fraction of sp³-hybridized carbons (Fsp3) is 0.0556. The number of rotatable bonds is 2. The number of aryl methyl sites for hydroxylation is 1. The first-order valence-electron chi connectivity index (χ1n) is 7.74. The average Bonchev–Trinajstić information content (AvgIpc) is 2.96. The van der Waals surface area contributed by atoms with E-state index in [1.165, 1.54) is 12.3 Å². The number of fused-ring (bicyclic) bond motifs is 3. The molecule has 2 aromatic heterocycles. The molecule has 3 N–H and O–H groups in total. The molecule has 0 aliphatic rings. The highest BCUT2D eigenvalue weighted by atomic mass is 79.9. The summed E-state index contributed by atoms with van der Waals surface area (Å²) in [6.45, 7) is 1.94. The van der Waals surface area contributed by atoms with E-state index in [-0.39, 0.29) is 11.3 Å². The van der Waals surface area contributed by atoms with Crippen molar-refractivity contribution in [3.05, 3.63) is 72.8 Å². The van der Waals surface area contributed by atoms with Crippen molar-refractivity contribution in [2.24, 2.45) is 5.10 Å². The van der Waals surface area contributed by atoms with Gasteiger partial charge in [0.05, 0.1) is 11.7 Å². The lowest BCUT2D eigenvalue weighted by Crippen LogP contribution is -2.32. The maximum absolute atomic E-state index is 12.7. The van der Waals surface area contributed by atoms with Crippen molar-refractivity contribution in [1.29, 1.82) is 0 Å². The Morgan fingerprint density at radius 1 is 1.12 bits per heavy atom. The first kappa shape index (κ1) is 16.3. The van der Waals surface area contributed by atoms with Crippen molar-refractivity contribution in [2.45, 2.75) is 6.92 Å². The minimum atomic E-state index is -0.657. The minimum absolute atomic E-state index is 0.0106. The van der Waals surface area contributed by atoms with Gasteiger partial charge in [-0.3, -0.25) is 4.79 Å². The van der Waals surface area contributed by atoms with E-state index >= 15 is 0 Å². The molecular formula is C18H13BrN4O3. The molecule has 4 rings (SSSR count). The van der Waals surface area contributed by atoms with Crippen LogP contribution in [0.2, 0.25) is 0 Å². The third-order valence-corrected chi connectivity index (χ3v) is 4.58. The van der Waals surface area contributed by atoms with Gasteiger partial charge in [-0.25, -0.2) is 4.79 Å². The second-order valence-electron chi connectivity index (χ2n) is 5.92. The summed E-state index contributed by atoms with van der Waals surface area (Å²) in [6, 6.07) is 10.5. The summed E-state index contributed by atoms with van der Waals surface area (Å²) in [6.07, 6.45) is 1.26. The first-order valence-corrected chi connectivity index (χ1v) is 8.53. The largest absolute Gasteiger partial charge is 0.507 e. The predicted molar refractivity (Wildman–Crippen MR) is 104 cm³/mol. The van der Waals surface area contributed by atoms with Gasteiger partial charge in [0.15, 0.2) is 0 Å². The number of hydrogen-bond acceptors (Lipinski definition) is 4. The summed E-state index contributed by atoms with van der Waals surface area (Å²) in [4.78, 5) is 30.8. The molecule has 26 heavy (non-hydrogen) atoms. The lowest BCUT2D eigenvalue weighted by Gasteiger charge is -2.00. The van der Waals surface area contributed by atoms with Crippen LogP contribution < -0.4 is 11.2 Å². The summed E-state index contributed by atoms with van der Waals surface area (Å²) in [5.41, 5.74) is 1.64. The molecule has 0 bridgehead atoms. The van der Waals surface area contributed by atoms with Crippen LogP contribution >= 0.6 is 15.9 Å². The second-order valence-corrected chi connectivity index (χ2v) is 6.83. The highest BCUT2D eigenvalue weighted by molar-refractivity contribution is 9.10. The number of phenols is 1. The van der Waals surface area contributed by atoms with Crippen molar-refractivity contribution < 1.29 is 5.11 Å². The van der Waals surface area contributed by atoms with Crippen LogP contribution in [0, 0.1) is 6.92 Å². The number of nitrogens with zero attached hydrogens (tertiary/aromatic N) is 2. The average molecular weight is 413 g/mol. The molecule has 7 nitrogen and oxygen atoms in total. The normalized spacial score (nSPS) is 11.8. The number of aromatic hydroxyl groups is 1. The van der Waals surface area contributed by atoms with Crippen LogP contribution in [0.15, 0.2) is 55.6 Å². The summed E-state index contributed by atoms with van der Waals surface area (Å²) in [5.74, 6) is -0.0106. The SMILES string of the molecule is Cc1ccc2[nH]c3c(=O)n(N=Cc4cc(Br)ccc4O)c(=O)[nH]c3c2c1. The van der Waals surface area contributed by atoms with Crippen molar-refractivity contribution in [1.82, 2.24) is 14.6 Å². The topological polar surface area (TPSA) is 103 Å². The number of halogens is 1. The van der Waals surface area contributed by atoms with E-state index < -0.39 is 11.2 Å². The number of aromatic nitrogens is 3. The summed E-state index contributed by atoms with van der Waals surface area (Å²) < 4.78 is 1.46. The van der Waals surface area contributed by atoms with Gasteiger partial charge in [0.25, 0.3) is 0 Å². The quantitative estimate of drug-likeness (QED) is 0.441. The molecule has 0 fully saturated rings. The molecule has 130 valence electrons. The highest BCUT2D eigenvalue weighted by Gasteiger charge is 2.12. The molecule has 0 amide bonds. The Labute approximate surface area is 154 Å². The molecule has 0 unspecified atom stereocenters. The van der Waals surface area contributed by atoms with Gasteiger partial charge in [-0.05, 0) is 37.3 Å². The van der Waals surface area contributed by atoms with Crippen LogP contribution in [-0.2, 0) is 0 Å². The summed E-state index contributed by atoms with van der Waals surface area (Å²) >= 11 is 3.30. The van der Waals surface area contributed by atoms with Gasteiger partial charge in [-0.1, -0.05) is 27.6 Å². The first-order chi connectivity index (χ1) is 12.4. The molecule has 0 radical (unpaired) electrons. The zero-order chi connectivity index (χ0) is 18.4. The Kier molecular flexibility index (Phi) is 3.77. The van der Waals surface area contributed by atoms with Gasteiger partial charge in [-0.2, -0.15) is 5.10 Å². The number of nitrogens with one attached hydrogen (secondary N) is 2. The third-order valence-electron chi connectivity index (χ3n) is 4.09. The second kappa shape index (κ2) is 5.99. The van der Waals surface area contributed by atoms with Gasteiger partial charge < -0.3 is 15.1 Å². The number of aromatic amines is 2. The van der Waals surface area contributed by atoms with Crippen molar-refractivity contribution in [3.63, 3.8) is 0 Å². The highest BCUT2D eigenvalue weighted by Crippen LogP contribution is 2.22. The van der Waals surface area contributed by atoms with Crippen LogP contribution in [0.1, 0.15) is 11.1 Å². The number of H-pyrrole nitrogens is 2. The molecule has 0 saturated heterocycles. The van der Waals surface area contributed by atoms with Crippen LogP contribution in [0.4, 0.5) is 0 Å². The predicted octanol–water partition coefficient (Wildman–Crippen LogP) is 2.83. The lowest BCUT2D eigenvalue weighted by molar-refractivity contribution is 0.474. The standard InChI is InChI=1S/C18H13BrN4O3/c1-9-2-4-13-12(6-9)15-16(21-13)17(25)23(18(26)22-15)20-8-10-7-11(19)3-5-14(10)24/h2-8,21,24H,1H3,(H,22,26). The summed E-state index contributed by atoms with van der Waals surface area (Å²) in [7, 11) is 0. The molecular weight excluding hydrogens is 400 g/mol. The fourth-order valence-electron chi connectivity index (χ4n) is 2.81. The third kappa shape index (κ3) is 2.64. The molecule has 2 heterocycles. The molecule has 4 aromatic rings. The maximum Gasteiger partial charge on any atom is 0.350 e. The Morgan fingerprint density at radius 2 is 1.92 bits per heavy atom. The van der Waals surface area contributed by atoms with E-state index in [1.807, 2.05) is 25.1 Å². The van der Waals surface area contributed by atoms with E-state index in [0.717, 1.165) is 25.6 Å². The molecule has 0 saturated carbocycles. The molecule has 2 aromatic carbocycles. The molecule has 0 atom stereocenters. The van der Waals surface area contributed by atoms with E-state index in [2.05, 4.69) is 31.0 Å². The van der Waals surface area contributed by atoms with Crippen molar-refractivity contribution in [2.75, 3.05) is 0 Å².